The number of hydrogen-bond donors (Lipinski definition) is 0. The van der Waals surface area contributed by atoms with Gasteiger partial charge in [-0.25, -0.2) is 4.79 Å². The number of aryl methyl sites for hydroxylation is 1. The lowest BCUT2D eigenvalue weighted by Crippen LogP contribution is -2.06. The average molecular weight is 291 g/mol. The minimum absolute atomic E-state index is 0.282. The van der Waals surface area contributed by atoms with Gasteiger partial charge >= 0.3 is 5.97 Å². The summed E-state index contributed by atoms with van der Waals surface area (Å²) in [6, 6.07) is 5.22. The third-order valence-corrected chi connectivity index (χ3v) is 2.96. The number of carbonyl (C=O) groups is 1. The maximum absolute atomic E-state index is 12.0. The van der Waals surface area contributed by atoms with Crippen molar-refractivity contribution in [1.82, 2.24) is 5.16 Å². The summed E-state index contributed by atoms with van der Waals surface area (Å²) in [6.07, 6.45) is 0. The van der Waals surface area contributed by atoms with Gasteiger partial charge in [0.15, 0.2) is 5.76 Å². The first-order valence-electron chi connectivity index (χ1n) is 6.47. The second kappa shape index (κ2) is 6.30. The number of ether oxygens (including phenoxy) is 3. The van der Waals surface area contributed by atoms with E-state index >= 15 is 0 Å². The van der Waals surface area contributed by atoms with Crippen LogP contribution in [-0.2, 0) is 4.74 Å². The van der Waals surface area contributed by atoms with Crippen molar-refractivity contribution in [3.05, 3.63) is 29.5 Å². The number of nitrogens with zero attached hydrogens (tertiary/aromatic N) is 1. The van der Waals surface area contributed by atoms with Gasteiger partial charge in [0.2, 0.25) is 0 Å². The first-order valence-corrected chi connectivity index (χ1v) is 6.47. The molecule has 0 radical (unpaired) electrons. The van der Waals surface area contributed by atoms with Crippen molar-refractivity contribution < 1.29 is 23.5 Å². The van der Waals surface area contributed by atoms with Gasteiger partial charge < -0.3 is 18.7 Å². The van der Waals surface area contributed by atoms with E-state index in [1.165, 1.54) is 0 Å². The van der Waals surface area contributed by atoms with E-state index in [1.54, 1.807) is 46.3 Å². The Labute approximate surface area is 122 Å². The molecule has 2 aromatic rings. The maximum Gasteiger partial charge on any atom is 0.344 e. The fraction of sp³-hybridized carbons (Fsp3) is 0.333. The first-order chi connectivity index (χ1) is 10.1. The van der Waals surface area contributed by atoms with E-state index in [1.807, 2.05) is 0 Å². The second-order valence-corrected chi connectivity index (χ2v) is 4.29. The summed E-state index contributed by atoms with van der Waals surface area (Å²) in [5.41, 5.74) is 1.42. The molecular weight excluding hydrogens is 274 g/mol. The van der Waals surface area contributed by atoms with Gasteiger partial charge in [-0.2, -0.15) is 0 Å². The smallest absolute Gasteiger partial charge is 0.344 e. The molecule has 0 saturated carbocycles. The van der Waals surface area contributed by atoms with Crippen LogP contribution in [0.25, 0.3) is 11.3 Å². The molecule has 6 nitrogen and oxygen atoms in total. The Morgan fingerprint density at radius 2 is 1.81 bits per heavy atom. The third kappa shape index (κ3) is 2.99. The van der Waals surface area contributed by atoms with E-state index < -0.39 is 5.97 Å². The summed E-state index contributed by atoms with van der Waals surface area (Å²) in [5.74, 6) is 1.05. The standard InChI is InChI=1S/C15H17NO5/c1-5-20-15(17)13-9(2)16-21-14(13)10-6-11(18-3)8-12(7-10)19-4/h6-8H,5H2,1-4H3. The van der Waals surface area contributed by atoms with E-state index in [-0.39, 0.29) is 6.61 Å². The molecule has 0 saturated heterocycles. The molecule has 112 valence electrons. The van der Waals surface area contributed by atoms with Gasteiger partial charge in [-0.05, 0) is 26.0 Å². The molecule has 0 unspecified atom stereocenters. The van der Waals surface area contributed by atoms with Crippen LogP contribution in [0.3, 0.4) is 0 Å². The predicted molar refractivity (Wildman–Crippen MR) is 75.7 cm³/mol. The van der Waals surface area contributed by atoms with Crippen molar-refractivity contribution in [2.45, 2.75) is 13.8 Å². The zero-order valence-electron chi connectivity index (χ0n) is 12.4. The first kappa shape index (κ1) is 14.9. The number of esters is 1. The van der Waals surface area contributed by atoms with Crippen LogP contribution < -0.4 is 9.47 Å². The third-order valence-electron chi connectivity index (χ3n) is 2.96. The molecule has 0 bridgehead atoms. The molecule has 6 heteroatoms. The van der Waals surface area contributed by atoms with Gasteiger partial charge in [-0.15, -0.1) is 0 Å². The largest absolute Gasteiger partial charge is 0.497 e. The summed E-state index contributed by atoms with van der Waals surface area (Å²) in [4.78, 5) is 12.0. The number of carbonyl (C=O) groups excluding carboxylic acids is 1. The van der Waals surface area contributed by atoms with Crippen molar-refractivity contribution in [2.75, 3.05) is 20.8 Å². The summed E-state index contributed by atoms with van der Waals surface area (Å²) in [6.45, 7) is 3.72. The Kier molecular flexibility index (Phi) is 4.47. The van der Waals surface area contributed by atoms with Crippen LogP contribution in [-0.4, -0.2) is 32.0 Å². The highest BCUT2D eigenvalue weighted by atomic mass is 16.5. The number of hydrogen-bond acceptors (Lipinski definition) is 6. The molecular formula is C15H17NO5. The van der Waals surface area contributed by atoms with Crippen molar-refractivity contribution >= 4 is 5.97 Å². The zero-order valence-corrected chi connectivity index (χ0v) is 12.4. The summed E-state index contributed by atoms with van der Waals surface area (Å²) in [5, 5.41) is 3.85. The lowest BCUT2D eigenvalue weighted by atomic mass is 10.1. The van der Waals surface area contributed by atoms with Gasteiger partial charge in [-0.3, -0.25) is 0 Å². The fourth-order valence-electron chi connectivity index (χ4n) is 1.95. The SMILES string of the molecule is CCOC(=O)c1c(C)noc1-c1cc(OC)cc(OC)c1. The molecule has 0 atom stereocenters. The molecule has 1 heterocycles. The molecule has 2 rings (SSSR count). The minimum atomic E-state index is -0.465. The van der Waals surface area contributed by atoms with E-state index in [9.17, 15) is 4.79 Å². The van der Waals surface area contributed by atoms with Gasteiger partial charge in [0.1, 0.15) is 17.1 Å². The molecule has 0 aliphatic rings. The van der Waals surface area contributed by atoms with Gasteiger partial charge in [0.25, 0.3) is 0 Å². The van der Waals surface area contributed by atoms with Crippen molar-refractivity contribution in [1.29, 1.82) is 0 Å². The van der Waals surface area contributed by atoms with E-state index in [2.05, 4.69) is 5.16 Å². The lowest BCUT2D eigenvalue weighted by Gasteiger charge is -2.07. The molecule has 21 heavy (non-hydrogen) atoms. The maximum atomic E-state index is 12.0. The average Bonchev–Trinajstić information content (AvgIpc) is 2.88. The quantitative estimate of drug-likeness (QED) is 0.789. The highest BCUT2D eigenvalue weighted by Gasteiger charge is 2.23. The van der Waals surface area contributed by atoms with Crippen LogP contribution in [0.15, 0.2) is 22.7 Å². The molecule has 1 aromatic carbocycles. The van der Waals surface area contributed by atoms with Gasteiger partial charge in [0, 0.05) is 11.6 Å². The van der Waals surface area contributed by atoms with Crippen LogP contribution in [0.1, 0.15) is 23.0 Å². The van der Waals surface area contributed by atoms with Crippen LogP contribution in [0.2, 0.25) is 0 Å². The summed E-state index contributed by atoms with van der Waals surface area (Å²) in [7, 11) is 3.10. The Morgan fingerprint density at radius 1 is 1.19 bits per heavy atom. The van der Waals surface area contributed by atoms with E-state index in [4.69, 9.17) is 18.7 Å². The molecule has 0 aliphatic carbocycles. The van der Waals surface area contributed by atoms with E-state index in [0.717, 1.165) is 0 Å². The fourth-order valence-corrected chi connectivity index (χ4v) is 1.95. The Hall–Kier alpha value is -2.50. The Bertz CT molecular complexity index is 625. The predicted octanol–water partition coefficient (Wildman–Crippen LogP) is 2.84. The minimum Gasteiger partial charge on any atom is -0.497 e. The van der Waals surface area contributed by atoms with Crippen molar-refractivity contribution in [3.8, 4) is 22.8 Å². The normalized spacial score (nSPS) is 10.3. The van der Waals surface area contributed by atoms with Gasteiger partial charge in [0.05, 0.1) is 26.5 Å². The highest BCUT2D eigenvalue weighted by Crippen LogP contribution is 2.33. The monoisotopic (exact) mass is 291 g/mol. The zero-order chi connectivity index (χ0) is 15.4. The summed E-state index contributed by atoms with van der Waals surface area (Å²) >= 11 is 0. The van der Waals surface area contributed by atoms with Crippen molar-refractivity contribution in [3.63, 3.8) is 0 Å². The van der Waals surface area contributed by atoms with Crippen LogP contribution >= 0.6 is 0 Å². The van der Waals surface area contributed by atoms with Gasteiger partial charge in [-0.1, -0.05) is 5.16 Å². The molecule has 0 aliphatic heterocycles. The lowest BCUT2D eigenvalue weighted by molar-refractivity contribution is 0.0526. The summed E-state index contributed by atoms with van der Waals surface area (Å²) < 4.78 is 20.8. The molecule has 0 fully saturated rings. The van der Waals surface area contributed by atoms with Crippen LogP contribution in [0, 0.1) is 6.92 Å². The van der Waals surface area contributed by atoms with Crippen molar-refractivity contribution in [2.24, 2.45) is 0 Å². The Morgan fingerprint density at radius 3 is 2.33 bits per heavy atom. The Balaban J connectivity index is 2.54. The number of benzene rings is 1. The molecule has 1 aromatic heterocycles. The number of rotatable bonds is 5. The number of aromatic nitrogens is 1. The number of methoxy groups -OCH3 is 2. The molecule has 0 N–H and O–H groups in total. The highest BCUT2D eigenvalue weighted by molar-refractivity contribution is 5.97. The van der Waals surface area contributed by atoms with Crippen LogP contribution in [0.4, 0.5) is 0 Å². The molecule has 0 amide bonds. The second-order valence-electron chi connectivity index (χ2n) is 4.29. The topological polar surface area (TPSA) is 70.8 Å². The van der Waals surface area contributed by atoms with Crippen LogP contribution in [0.5, 0.6) is 11.5 Å². The molecule has 0 spiro atoms. The van der Waals surface area contributed by atoms with E-state index in [0.29, 0.717) is 34.1 Å².